The molecule has 7 fully saturated rings. The first-order valence-corrected chi connectivity index (χ1v) is 14.7. The van der Waals surface area contributed by atoms with Gasteiger partial charge in [-0.15, -0.1) is 0 Å². The molecule has 4 saturated carbocycles. The Morgan fingerprint density at radius 1 is 0.909 bits per heavy atom. The van der Waals surface area contributed by atoms with E-state index in [1.807, 2.05) is 0 Å². The Morgan fingerprint density at radius 2 is 1.64 bits per heavy atom. The minimum Gasteiger partial charge on any atom is -0.393 e. The summed E-state index contributed by atoms with van der Waals surface area (Å²) in [6, 6.07) is 0. The van der Waals surface area contributed by atoms with Gasteiger partial charge in [-0.1, -0.05) is 20.8 Å². The minimum atomic E-state index is -0.133. The van der Waals surface area contributed by atoms with Crippen molar-refractivity contribution in [3.8, 4) is 0 Å². The second kappa shape index (κ2) is 8.18. The molecule has 3 aliphatic heterocycles. The molecule has 33 heavy (non-hydrogen) atoms. The van der Waals surface area contributed by atoms with Crippen LogP contribution >= 0.6 is 0 Å². The van der Waals surface area contributed by atoms with Gasteiger partial charge in [0, 0.05) is 19.6 Å². The highest BCUT2D eigenvalue weighted by atomic mass is 16.3. The van der Waals surface area contributed by atoms with E-state index in [1.165, 1.54) is 88.8 Å². The highest BCUT2D eigenvalue weighted by Gasteiger charge is 2.63. The second-order valence-electron chi connectivity index (χ2n) is 14.2. The fraction of sp³-hybridized carbons (Fsp3) is 1.00. The number of hydrogen-bond donors (Lipinski definition) is 2. The Hall–Kier alpha value is -0.160. The third-order valence-electron chi connectivity index (χ3n) is 13.2. The molecule has 0 aromatic carbocycles. The van der Waals surface area contributed by atoms with E-state index in [9.17, 15) is 10.2 Å². The number of quaternary nitrogens is 1. The van der Waals surface area contributed by atoms with Crippen LogP contribution in [0.4, 0.5) is 0 Å². The van der Waals surface area contributed by atoms with Crippen molar-refractivity contribution >= 4 is 0 Å². The summed E-state index contributed by atoms with van der Waals surface area (Å²) in [5.74, 6) is 4.30. The predicted octanol–water partition coefficient (Wildman–Crippen LogP) is 4.15. The molecule has 2 bridgehead atoms. The van der Waals surface area contributed by atoms with Crippen molar-refractivity contribution in [3.05, 3.63) is 0 Å². The Morgan fingerprint density at radius 3 is 2.36 bits per heavy atom. The number of aliphatic hydroxyl groups is 2. The van der Waals surface area contributed by atoms with E-state index < -0.39 is 0 Å². The molecule has 0 aromatic heterocycles. The van der Waals surface area contributed by atoms with Crippen LogP contribution in [0.1, 0.15) is 78.6 Å². The van der Waals surface area contributed by atoms with Crippen molar-refractivity contribution in [2.75, 3.05) is 45.8 Å². The van der Waals surface area contributed by atoms with Gasteiger partial charge in [0.05, 0.1) is 38.4 Å². The molecule has 0 spiro atoms. The molecular formula is C29H51N2O2+. The maximum Gasteiger partial charge on any atom is 0.0916 e. The molecule has 3 heterocycles. The van der Waals surface area contributed by atoms with Gasteiger partial charge in [0.1, 0.15) is 0 Å². The van der Waals surface area contributed by atoms with Crippen molar-refractivity contribution < 1.29 is 14.7 Å². The van der Waals surface area contributed by atoms with Gasteiger partial charge >= 0.3 is 0 Å². The maximum absolute atomic E-state index is 11.8. The fourth-order valence-corrected chi connectivity index (χ4v) is 10.9. The van der Waals surface area contributed by atoms with Crippen LogP contribution in [0, 0.1) is 46.3 Å². The van der Waals surface area contributed by atoms with Crippen LogP contribution in [0.5, 0.6) is 0 Å². The van der Waals surface area contributed by atoms with E-state index in [2.05, 4.69) is 25.7 Å². The lowest BCUT2D eigenvalue weighted by molar-refractivity contribution is -0.941. The zero-order valence-corrected chi connectivity index (χ0v) is 21.7. The van der Waals surface area contributed by atoms with Crippen molar-refractivity contribution in [2.45, 2.75) is 90.8 Å². The summed E-state index contributed by atoms with van der Waals surface area (Å²) < 4.78 is 1.38. The summed E-state index contributed by atoms with van der Waals surface area (Å²) in [6.07, 6.45) is 10.7. The first kappa shape index (κ1) is 23.3. The molecule has 2 N–H and O–H groups in total. The standard InChI is InChI=1S/C29H51N2O2/c1-20(9-14-31-15-11-30(12-16-31)13-17-31)24-6-7-25-23-5-4-21-18-22(32)8-10-28(21,2)26(23)19-27(33)29(24,25)3/h20-27,32-33H,4-19H2,1-3H3/q+1/t20-,21-,22-,23+,24-,25+,26+,27+,28+,29-/m1/s1. The van der Waals surface area contributed by atoms with E-state index >= 15 is 0 Å². The first-order chi connectivity index (χ1) is 15.8. The SMILES string of the molecule is C[C@H](CC[N+]12CCN(CC1)CC2)[C@H]1CC[C@H]2[C@@H]3CC[C@@H]4C[C@H](O)CC[C@]4(C)[C@H]3C[C@H](O)[C@]12C. The Kier molecular flexibility index (Phi) is 5.76. The first-order valence-electron chi connectivity index (χ1n) is 14.7. The predicted molar refractivity (Wildman–Crippen MR) is 133 cm³/mol. The molecule has 4 aliphatic carbocycles. The molecule has 10 atom stereocenters. The molecule has 3 saturated heterocycles. The normalized spacial score (nSPS) is 56.6. The van der Waals surface area contributed by atoms with Crippen molar-refractivity contribution in [3.63, 3.8) is 0 Å². The lowest BCUT2D eigenvalue weighted by Gasteiger charge is -2.62. The zero-order chi connectivity index (χ0) is 23.0. The van der Waals surface area contributed by atoms with Crippen LogP contribution in [-0.2, 0) is 0 Å². The Labute approximate surface area is 202 Å². The van der Waals surface area contributed by atoms with Crippen LogP contribution < -0.4 is 0 Å². The average molecular weight is 460 g/mol. The van der Waals surface area contributed by atoms with E-state index in [1.54, 1.807) is 0 Å². The summed E-state index contributed by atoms with van der Waals surface area (Å²) in [4.78, 5) is 2.66. The summed E-state index contributed by atoms with van der Waals surface area (Å²) in [6.45, 7) is 17.0. The van der Waals surface area contributed by atoms with Gasteiger partial charge in [-0.2, -0.15) is 0 Å². The molecule has 188 valence electrons. The molecular weight excluding hydrogens is 408 g/mol. The highest BCUT2D eigenvalue weighted by molar-refractivity contribution is 5.12. The molecule has 0 amide bonds. The van der Waals surface area contributed by atoms with Gasteiger partial charge in [0.25, 0.3) is 0 Å². The molecule has 4 nitrogen and oxygen atoms in total. The highest BCUT2D eigenvalue weighted by Crippen LogP contribution is 2.68. The maximum atomic E-state index is 11.8. The smallest absolute Gasteiger partial charge is 0.0916 e. The molecule has 7 rings (SSSR count). The third kappa shape index (κ3) is 3.51. The van der Waals surface area contributed by atoms with E-state index in [4.69, 9.17) is 0 Å². The summed E-state index contributed by atoms with van der Waals surface area (Å²) >= 11 is 0. The van der Waals surface area contributed by atoms with Gasteiger partial charge in [-0.05, 0) is 104 Å². The quantitative estimate of drug-likeness (QED) is 0.621. The van der Waals surface area contributed by atoms with E-state index in [0.717, 1.165) is 31.1 Å². The number of rotatable bonds is 4. The number of hydrogen-bond acceptors (Lipinski definition) is 3. The molecule has 0 radical (unpaired) electrons. The zero-order valence-electron chi connectivity index (χ0n) is 21.7. The number of aliphatic hydroxyl groups excluding tert-OH is 2. The summed E-state index contributed by atoms with van der Waals surface area (Å²) in [5, 5.41) is 22.1. The monoisotopic (exact) mass is 459 g/mol. The summed E-state index contributed by atoms with van der Waals surface area (Å²) in [5.41, 5.74) is 0.471. The second-order valence-corrected chi connectivity index (χ2v) is 14.2. The van der Waals surface area contributed by atoms with Crippen LogP contribution in [0.3, 0.4) is 0 Å². The van der Waals surface area contributed by atoms with Crippen molar-refractivity contribution in [2.24, 2.45) is 46.3 Å². The van der Waals surface area contributed by atoms with Gasteiger partial charge in [0.15, 0.2) is 0 Å². The number of fused-ring (bicyclic) bond motifs is 8. The van der Waals surface area contributed by atoms with Gasteiger partial charge in [-0.3, -0.25) is 4.90 Å². The largest absolute Gasteiger partial charge is 0.393 e. The fourth-order valence-electron chi connectivity index (χ4n) is 10.9. The van der Waals surface area contributed by atoms with E-state index in [0.29, 0.717) is 29.1 Å². The van der Waals surface area contributed by atoms with Crippen LogP contribution in [0.2, 0.25) is 0 Å². The number of nitrogens with zero attached hydrogens (tertiary/aromatic N) is 2. The lowest BCUT2D eigenvalue weighted by atomic mass is 9.43. The van der Waals surface area contributed by atoms with Crippen molar-refractivity contribution in [1.82, 2.24) is 4.90 Å². The topological polar surface area (TPSA) is 43.7 Å². The summed E-state index contributed by atoms with van der Waals surface area (Å²) in [7, 11) is 0. The molecule has 0 aromatic rings. The van der Waals surface area contributed by atoms with Gasteiger partial charge in [-0.25, -0.2) is 0 Å². The molecule has 0 unspecified atom stereocenters. The van der Waals surface area contributed by atoms with Gasteiger partial charge in [0.2, 0.25) is 0 Å². The molecule has 4 heteroatoms. The number of piperazine rings is 3. The van der Waals surface area contributed by atoms with Gasteiger partial charge < -0.3 is 14.7 Å². The van der Waals surface area contributed by atoms with Crippen LogP contribution in [0.25, 0.3) is 0 Å². The van der Waals surface area contributed by atoms with E-state index in [-0.39, 0.29) is 17.6 Å². The third-order valence-corrected chi connectivity index (χ3v) is 13.2. The Balaban J connectivity index is 1.17. The Bertz CT molecular complexity index is 721. The minimum absolute atomic E-state index is 0.0793. The van der Waals surface area contributed by atoms with Crippen LogP contribution in [0.15, 0.2) is 0 Å². The van der Waals surface area contributed by atoms with Crippen LogP contribution in [-0.4, -0.2) is 77.6 Å². The van der Waals surface area contributed by atoms with Crippen molar-refractivity contribution in [1.29, 1.82) is 0 Å². The lowest BCUT2D eigenvalue weighted by Crippen LogP contribution is -2.67. The molecule has 7 aliphatic rings. The average Bonchev–Trinajstić information content (AvgIpc) is 3.19.